The maximum atomic E-state index is 11.8. The molecular formula is C11H14ClN3O. The highest BCUT2D eigenvalue weighted by Gasteiger charge is 2.23. The first-order valence-corrected chi connectivity index (χ1v) is 5.60. The second-order valence-corrected chi connectivity index (χ2v) is 4.31. The van der Waals surface area contributed by atoms with E-state index in [1.165, 1.54) is 0 Å². The Hall–Kier alpha value is -1.26. The largest absolute Gasteiger partial charge is 0.326 e. The number of carbonyl (C=O) groups excluding carboxylic acids is 1. The number of urea groups is 1. The lowest BCUT2D eigenvalue weighted by Crippen LogP contribution is -2.35. The molecule has 1 atom stereocenters. The summed E-state index contributed by atoms with van der Waals surface area (Å²) in [5, 5.41) is 3.31. The number of likely N-dealkylation sites (tertiary alicyclic amines) is 1. The average molecular weight is 240 g/mol. The number of carbonyl (C=O) groups is 1. The van der Waals surface area contributed by atoms with Crippen molar-refractivity contribution in [2.45, 2.75) is 12.5 Å². The quantitative estimate of drug-likeness (QED) is 0.787. The van der Waals surface area contributed by atoms with Crippen molar-refractivity contribution in [3.8, 4) is 0 Å². The molecule has 1 heterocycles. The summed E-state index contributed by atoms with van der Waals surface area (Å²) in [6, 6.07) is 7.13. The van der Waals surface area contributed by atoms with Crippen LogP contribution in [-0.2, 0) is 0 Å². The summed E-state index contributed by atoms with van der Waals surface area (Å²) in [4.78, 5) is 13.5. The zero-order chi connectivity index (χ0) is 11.5. The van der Waals surface area contributed by atoms with E-state index in [0.717, 1.165) is 6.42 Å². The van der Waals surface area contributed by atoms with E-state index < -0.39 is 0 Å². The summed E-state index contributed by atoms with van der Waals surface area (Å²) in [6.45, 7) is 1.31. The Kier molecular flexibility index (Phi) is 3.31. The van der Waals surface area contributed by atoms with E-state index in [1.54, 1.807) is 17.0 Å². The predicted molar refractivity (Wildman–Crippen MR) is 64.6 cm³/mol. The Labute approximate surface area is 99.4 Å². The fourth-order valence-electron chi connectivity index (χ4n) is 1.73. The zero-order valence-corrected chi connectivity index (χ0v) is 9.57. The molecule has 0 spiro atoms. The van der Waals surface area contributed by atoms with Gasteiger partial charge in [-0.2, -0.15) is 0 Å². The SMILES string of the molecule is N[C@@H]1CCN(C(=O)Nc2ccccc2Cl)C1. The van der Waals surface area contributed by atoms with Gasteiger partial charge in [0.2, 0.25) is 0 Å². The van der Waals surface area contributed by atoms with Gasteiger partial charge in [-0.05, 0) is 18.6 Å². The minimum atomic E-state index is -0.138. The normalized spacial score (nSPS) is 19.9. The summed E-state index contributed by atoms with van der Waals surface area (Å²) in [5.74, 6) is 0. The van der Waals surface area contributed by atoms with Gasteiger partial charge in [0.25, 0.3) is 0 Å². The Morgan fingerprint density at radius 3 is 2.88 bits per heavy atom. The van der Waals surface area contributed by atoms with Crippen LogP contribution in [0.4, 0.5) is 10.5 Å². The van der Waals surface area contributed by atoms with Gasteiger partial charge >= 0.3 is 6.03 Å². The molecule has 0 radical (unpaired) electrons. The second kappa shape index (κ2) is 4.72. The molecule has 4 nitrogen and oxygen atoms in total. The molecule has 2 amide bonds. The molecule has 3 N–H and O–H groups in total. The van der Waals surface area contributed by atoms with Gasteiger partial charge in [0.05, 0.1) is 10.7 Å². The zero-order valence-electron chi connectivity index (χ0n) is 8.82. The van der Waals surface area contributed by atoms with Crippen molar-refractivity contribution >= 4 is 23.3 Å². The lowest BCUT2D eigenvalue weighted by Gasteiger charge is -2.17. The first-order valence-electron chi connectivity index (χ1n) is 5.23. The van der Waals surface area contributed by atoms with Crippen LogP contribution in [0.1, 0.15) is 6.42 Å². The van der Waals surface area contributed by atoms with Gasteiger partial charge < -0.3 is 16.0 Å². The van der Waals surface area contributed by atoms with Gasteiger partial charge in [-0.3, -0.25) is 0 Å². The first-order chi connectivity index (χ1) is 7.66. The molecule has 0 bridgehead atoms. The monoisotopic (exact) mass is 239 g/mol. The van der Waals surface area contributed by atoms with Crippen LogP contribution in [-0.4, -0.2) is 30.1 Å². The molecular weight excluding hydrogens is 226 g/mol. The third-order valence-electron chi connectivity index (χ3n) is 2.63. The topological polar surface area (TPSA) is 58.4 Å². The summed E-state index contributed by atoms with van der Waals surface area (Å²) >= 11 is 5.95. The number of hydrogen-bond donors (Lipinski definition) is 2. The Morgan fingerprint density at radius 1 is 1.50 bits per heavy atom. The van der Waals surface area contributed by atoms with Gasteiger partial charge in [0, 0.05) is 19.1 Å². The molecule has 5 heteroatoms. The average Bonchev–Trinajstić information content (AvgIpc) is 2.68. The Balaban J connectivity index is 2.00. The van der Waals surface area contributed by atoms with E-state index in [0.29, 0.717) is 23.8 Å². The van der Waals surface area contributed by atoms with E-state index in [1.807, 2.05) is 12.1 Å². The molecule has 0 aromatic heterocycles. The van der Waals surface area contributed by atoms with Crippen LogP contribution in [0.3, 0.4) is 0 Å². The summed E-state index contributed by atoms with van der Waals surface area (Å²) in [5.41, 5.74) is 6.37. The minimum Gasteiger partial charge on any atom is -0.326 e. The number of para-hydroxylation sites is 1. The maximum absolute atomic E-state index is 11.8. The number of halogens is 1. The van der Waals surface area contributed by atoms with Crippen molar-refractivity contribution in [1.82, 2.24) is 4.90 Å². The molecule has 1 fully saturated rings. The third-order valence-corrected chi connectivity index (χ3v) is 2.96. The van der Waals surface area contributed by atoms with E-state index in [9.17, 15) is 4.79 Å². The highest BCUT2D eigenvalue weighted by Crippen LogP contribution is 2.21. The van der Waals surface area contributed by atoms with Crippen molar-refractivity contribution < 1.29 is 4.79 Å². The third kappa shape index (κ3) is 2.46. The number of hydrogen-bond acceptors (Lipinski definition) is 2. The molecule has 0 unspecified atom stereocenters. The minimum absolute atomic E-state index is 0.0944. The van der Waals surface area contributed by atoms with Crippen LogP contribution in [0.15, 0.2) is 24.3 Å². The molecule has 1 aliphatic rings. The van der Waals surface area contributed by atoms with Crippen LogP contribution in [0.5, 0.6) is 0 Å². The van der Waals surface area contributed by atoms with Gasteiger partial charge in [-0.25, -0.2) is 4.79 Å². The summed E-state index contributed by atoms with van der Waals surface area (Å²) in [6.07, 6.45) is 0.857. The van der Waals surface area contributed by atoms with Crippen molar-refractivity contribution in [3.63, 3.8) is 0 Å². The second-order valence-electron chi connectivity index (χ2n) is 3.90. The van der Waals surface area contributed by atoms with Crippen molar-refractivity contribution in [3.05, 3.63) is 29.3 Å². The van der Waals surface area contributed by atoms with E-state index in [-0.39, 0.29) is 12.1 Å². The van der Waals surface area contributed by atoms with Gasteiger partial charge in [-0.15, -0.1) is 0 Å². The van der Waals surface area contributed by atoms with Crippen LogP contribution in [0.2, 0.25) is 5.02 Å². The maximum Gasteiger partial charge on any atom is 0.321 e. The molecule has 1 saturated heterocycles. The number of amides is 2. The molecule has 2 rings (SSSR count). The van der Waals surface area contributed by atoms with Crippen molar-refractivity contribution in [1.29, 1.82) is 0 Å². The van der Waals surface area contributed by atoms with Gasteiger partial charge in [0.1, 0.15) is 0 Å². The summed E-state index contributed by atoms with van der Waals surface area (Å²) < 4.78 is 0. The number of rotatable bonds is 1. The molecule has 0 aliphatic carbocycles. The number of nitrogens with one attached hydrogen (secondary N) is 1. The Morgan fingerprint density at radius 2 is 2.25 bits per heavy atom. The van der Waals surface area contributed by atoms with E-state index in [2.05, 4.69) is 5.32 Å². The smallest absolute Gasteiger partial charge is 0.321 e. The number of anilines is 1. The number of benzene rings is 1. The standard InChI is InChI=1S/C11H14ClN3O/c12-9-3-1-2-4-10(9)14-11(16)15-6-5-8(13)7-15/h1-4,8H,5-7,13H2,(H,14,16)/t8-/m1/s1. The molecule has 86 valence electrons. The number of nitrogens with two attached hydrogens (primary N) is 1. The molecule has 1 aliphatic heterocycles. The van der Waals surface area contributed by atoms with Crippen LogP contribution < -0.4 is 11.1 Å². The van der Waals surface area contributed by atoms with E-state index in [4.69, 9.17) is 17.3 Å². The van der Waals surface area contributed by atoms with E-state index >= 15 is 0 Å². The predicted octanol–water partition coefficient (Wildman–Crippen LogP) is 1.90. The number of nitrogens with zero attached hydrogens (tertiary/aromatic N) is 1. The first kappa shape index (κ1) is 11.2. The lowest BCUT2D eigenvalue weighted by molar-refractivity contribution is 0.222. The fraction of sp³-hybridized carbons (Fsp3) is 0.364. The van der Waals surface area contributed by atoms with Gasteiger partial charge in [-0.1, -0.05) is 23.7 Å². The molecule has 16 heavy (non-hydrogen) atoms. The van der Waals surface area contributed by atoms with Crippen LogP contribution in [0.25, 0.3) is 0 Å². The van der Waals surface area contributed by atoms with Crippen molar-refractivity contribution in [2.75, 3.05) is 18.4 Å². The molecule has 1 aromatic rings. The lowest BCUT2D eigenvalue weighted by atomic mass is 10.3. The van der Waals surface area contributed by atoms with Crippen molar-refractivity contribution in [2.24, 2.45) is 5.73 Å². The van der Waals surface area contributed by atoms with Crippen LogP contribution in [0, 0.1) is 0 Å². The molecule has 1 aromatic carbocycles. The van der Waals surface area contributed by atoms with Crippen LogP contribution >= 0.6 is 11.6 Å². The highest BCUT2D eigenvalue weighted by atomic mass is 35.5. The fourth-order valence-corrected chi connectivity index (χ4v) is 1.91. The molecule has 0 saturated carbocycles. The summed E-state index contributed by atoms with van der Waals surface area (Å²) in [7, 11) is 0. The van der Waals surface area contributed by atoms with Gasteiger partial charge in [0.15, 0.2) is 0 Å². The highest BCUT2D eigenvalue weighted by molar-refractivity contribution is 6.33. The Bertz CT molecular complexity index is 397.